The Hall–Kier alpha value is -2.98. The van der Waals surface area contributed by atoms with Gasteiger partial charge in [-0.15, -0.1) is 0 Å². The van der Waals surface area contributed by atoms with Crippen molar-refractivity contribution in [1.29, 1.82) is 0 Å². The molecule has 1 heterocycles. The normalized spacial score (nSPS) is 15.1. The van der Waals surface area contributed by atoms with Crippen molar-refractivity contribution in [3.63, 3.8) is 0 Å². The van der Waals surface area contributed by atoms with E-state index in [0.717, 1.165) is 11.6 Å². The summed E-state index contributed by atoms with van der Waals surface area (Å²) >= 11 is 0. The molecule has 9 nitrogen and oxygen atoms in total. The fourth-order valence-electron chi connectivity index (χ4n) is 3.21. The zero-order valence-electron chi connectivity index (χ0n) is 15.9. The van der Waals surface area contributed by atoms with Crippen LogP contribution in [-0.2, 0) is 21.2 Å². The van der Waals surface area contributed by atoms with Crippen LogP contribution in [0.2, 0.25) is 0 Å². The monoisotopic (exact) mass is 419 g/mol. The van der Waals surface area contributed by atoms with Crippen LogP contribution < -0.4 is 4.74 Å². The number of carbonyl (C=O) groups excluding carboxylic acids is 1. The number of nitrogens with zero attached hydrogens (tertiary/aromatic N) is 3. The van der Waals surface area contributed by atoms with Crippen LogP contribution >= 0.6 is 0 Å². The molecule has 154 valence electrons. The smallest absolute Gasteiger partial charge is 0.270 e. The number of ether oxygens (including phenoxy) is 1. The Balaban J connectivity index is 1.66. The predicted octanol–water partition coefficient (Wildman–Crippen LogP) is 1.68. The number of carbonyl (C=O) groups is 1. The summed E-state index contributed by atoms with van der Waals surface area (Å²) in [6.07, 6.45) is 0.168. The van der Waals surface area contributed by atoms with Gasteiger partial charge >= 0.3 is 0 Å². The third-order valence-corrected chi connectivity index (χ3v) is 6.69. The number of amides is 1. The van der Waals surface area contributed by atoms with Crippen molar-refractivity contribution in [2.24, 2.45) is 0 Å². The molecule has 1 aliphatic heterocycles. The first-order valence-electron chi connectivity index (χ1n) is 8.97. The van der Waals surface area contributed by atoms with E-state index < -0.39 is 14.9 Å². The van der Waals surface area contributed by atoms with E-state index in [0.29, 0.717) is 5.75 Å². The first kappa shape index (κ1) is 20.7. The number of nitro groups is 1. The van der Waals surface area contributed by atoms with Gasteiger partial charge in [0.05, 0.1) is 23.3 Å². The first-order chi connectivity index (χ1) is 13.8. The largest absolute Gasteiger partial charge is 0.496 e. The molecule has 1 aliphatic rings. The van der Waals surface area contributed by atoms with Crippen LogP contribution in [0.4, 0.5) is 5.69 Å². The summed E-state index contributed by atoms with van der Waals surface area (Å²) in [5.74, 6) is 0.523. The van der Waals surface area contributed by atoms with E-state index in [-0.39, 0.29) is 49.1 Å². The first-order valence-corrected chi connectivity index (χ1v) is 10.4. The summed E-state index contributed by atoms with van der Waals surface area (Å²) in [7, 11) is -2.32. The third-order valence-electron chi connectivity index (χ3n) is 4.79. The van der Waals surface area contributed by atoms with Gasteiger partial charge in [-0.1, -0.05) is 24.3 Å². The topological polar surface area (TPSA) is 110 Å². The van der Waals surface area contributed by atoms with E-state index in [1.807, 2.05) is 18.2 Å². The Kier molecular flexibility index (Phi) is 6.14. The van der Waals surface area contributed by atoms with Crippen molar-refractivity contribution in [2.45, 2.75) is 11.3 Å². The average Bonchev–Trinajstić information content (AvgIpc) is 2.74. The maximum Gasteiger partial charge on any atom is 0.270 e. The molecule has 3 rings (SSSR count). The van der Waals surface area contributed by atoms with Gasteiger partial charge in [-0.3, -0.25) is 14.9 Å². The number of sulfonamides is 1. The number of nitro benzene ring substituents is 1. The maximum atomic E-state index is 12.8. The van der Waals surface area contributed by atoms with Gasteiger partial charge < -0.3 is 9.64 Å². The van der Waals surface area contributed by atoms with Gasteiger partial charge in [0.15, 0.2) is 0 Å². The molecule has 2 aromatic carbocycles. The molecule has 10 heteroatoms. The summed E-state index contributed by atoms with van der Waals surface area (Å²) in [4.78, 5) is 24.4. The predicted molar refractivity (Wildman–Crippen MR) is 105 cm³/mol. The van der Waals surface area contributed by atoms with Gasteiger partial charge in [-0.25, -0.2) is 8.42 Å². The minimum Gasteiger partial charge on any atom is -0.496 e. The zero-order chi connectivity index (χ0) is 21.0. The summed E-state index contributed by atoms with van der Waals surface area (Å²) in [5, 5.41) is 10.9. The second-order valence-corrected chi connectivity index (χ2v) is 8.47. The molecule has 0 aliphatic carbocycles. The summed E-state index contributed by atoms with van der Waals surface area (Å²) in [5.41, 5.74) is 0.489. The van der Waals surface area contributed by atoms with Crippen molar-refractivity contribution in [2.75, 3.05) is 33.3 Å². The standard InChI is InChI=1S/C19H21N3O6S/c1-28-18-8-3-2-5-15(18)13-19(23)20-9-11-21(12-10-20)29(26,27)17-7-4-6-16(14-17)22(24)25/h2-8,14H,9-13H2,1H3. The number of rotatable bonds is 6. The molecule has 0 N–H and O–H groups in total. The molecule has 29 heavy (non-hydrogen) atoms. The molecule has 2 aromatic rings. The quantitative estimate of drug-likeness (QED) is 0.520. The van der Waals surface area contributed by atoms with Gasteiger partial charge in [-0.05, 0) is 12.1 Å². The summed E-state index contributed by atoms with van der Waals surface area (Å²) < 4.78 is 32.1. The van der Waals surface area contributed by atoms with Gasteiger partial charge in [0.25, 0.3) is 5.69 Å². The second-order valence-electron chi connectivity index (χ2n) is 6.53. The third kappa shape index (κ3) is 4.54. The van der Waals surface area contributed by atoms with Crippen LogP contribution in [0.5, 0.6) is 5.75 Å². The lowest BCUT2D eigenvalue weighted by Crippen LogP contribution is -2.50. The highest BCUT2D eigenvalue weighted by molar-refractivity contribution is 7.89. The number of para-hydroxylation sites is 1. The Morgan fingerprint density at radius 3 is 2.45 bits per heavy atom. The Morgan fingerprint density at radius 2 is 1.79 bits per heavy atom. The van der Waals surface area contributed by atoms with Gasteiger partial charge in [0, 0.05) is 43.9 Å². The van der Waals surface area contributed by atoms with Crippen LogP contribution in [0.1, 0.15) is 5.56 Å². The highest BCUT2D eigenvalue weighted by Gasteiger charge is 2.31. The lowest BCUT2D eigenvalue weighted by molar-refractivity contribution is -0.385. The number of benzene rings is 2. The van der Waals surface area contributed by atoms with Crippen molar-refractivity contribution in [3.8, 4) is 5.75 Å². The highest BCUT2D eigenvalue weighted by atomic mass is 32.2. The van der Waals surface area contributed by atoms with Crippen LogP contribution in [0, 0.1) is 10.1 Å². The molecule has 0 unspecified atom stereocenters. The van der Waals surface area contributed by atoms with Crippen molar-refractivity contribution >= 4 is 21.6 Å². The maximum absolute atomic E-state index is 12.8. The molecule has 0 aromatic heterocycles. The van der Waals surface area contributed by atoms with Crippen molar-refractivity contribution in [3.05, 3.63) is 64.2 Å². The molecule has 0 bridgehead atoms. The van der Waals surface area contributed by atoms with E-state index >= 15 is 0 Å². The molecule has 0 atom stereocenters. The van der Waals surface area contributed by atoms with Gasteiger partial charge in [0.2, 0.25) is 15.9 Å². The van der Waals surface area contributed by atoms with Crippen LogP contribution in [0.15, 0.2) is 53.4 Å². The molecule has 1 fully saturated rings. The van der Waals surface area contributed by atoms with E-state index in [1.54, 1.807) is 18.1 Å². The Morgan fingerprint density at radius 1 is 1.10 bits per heavy atom. The van der Waals surface area contributed by atoms with E-state index in [9.17, 15) is 23.3 Å². The SMILES string of the molecule is COc1ccccc1CC(=O)N1CCN(S(=O)(=O)c2cccc([N+](=O)[O-])c2)CC1. The number of hydrogen-bond acceptors (Lipinski definition) is 6. The number of methoxy groups -OCH3 is 1. The summed E-state index contributed by atoms with van der Waals surface area (Å²) in [6.45, 7) is 0.760. The molecule has 1 amide bonds. The fraction of sp³-hybridized carbons (Fsp3) is 0.316. The van der Waals surface area contributed by atoms with E-state index in [4.69, 9.17) is 4.74 Å². The highest BCUT2D eigenvalue weighted by Crippen LogP contribution is 2.23. The second kappa shape index (κ2) is 8.58. The van der Waals surface area contributed by atoms with Crippen LogP contribution in [-0.4, -0.2) is 61.7 Å². The number of non-ortho nitro benzene ring substituents is 1. The Labute approximate surface area is 168 Å². The van der Waals surface area contributed by atoms with Crippen LogP contribution in [0.3, 0.4) is 0 Å². The van der Waals surface area contributed by atoms with Crippen LogP contribution in [0.25, 0.3) is 0 Å². The average molecular weight is 419 g/mol. The van der Waals surface area contributed by atoms with Crippen molar-refractivity contribution < 1.29 is 22.9 Å². The molecule has 1 saturated heterocycles. The van der Waals surface area contributed by atoms with E-state index in [1.165, 1.54) is 22.5 Å². The lowest BCUT2D eigenvalue weighted by atomic mass is 10.1. The summed E-state index contributed by atoms with van der Waals surface area (Å²) in [6, 6.07) is 12.2. The zero-order valence-corrected chi connectivity index (χ0v) is 16.7. The number of piperazine rings is 1. The molecule has 0 radical (unpaired) electrons. The number of hydrogen-bond donors (Lipinski definition) is 0. The lowest BCUT2D eigenvalue weighted by Gasteiger charge is -2.34. The Bertz CT molecular complexity index is 1020. The minimum absolute atomic E-state index is 0.109. The molecule has 0 saturated carbocycles. The van der Waals surface area contributed by atoms with Crippen molar-refractivity contribution in [1.82, 2.24) is 9.21 Å². The molecule has 0 spiro atoms. The molecular formula is C19H21N3O6S. The molecular weight excluding hydrogens is 398 g/mol. The minimum atomic E-state index is -3.87. The van der Waals surface area contributed by atoms with E-state index in [2.05, 4.69) is 0 Å². The fourth-order valence-corrected chi connectivity index (χ4v) is 4.67. The van der Waals surface area contributed by atoms with Gasteiger partial charge in [-0.2, -0.15) is 4.31 Å². The van der Waals surface area contributed by atoms with Gasteiger partial charge in [0.1, 0.15) is 5.75 Å².